The predicted octanol–water partition coefficient (Wildman–Crippen LogP) is -0.857. The SMILES string of the molecule is C[C@H](CO)C(=O)CN. The Kier molecular flexibility index (Phi) is 3.39. The molecule has 1 atom stereocenters. The van der Waals surface area contributed by atoms with E-state index in [0.717, 1.165) is 0 Å². The average molecular weight is 117 g/mol. The fraction of sp³-hybridized carbons (Fsp3) is 0.800. The van der Waals surface area contributed by atoms with Crippen LogP contribution in [-0.4, -0.2) is 24.0 Å². The smallest absolute Gasteiger partial charge is 0.151 e. The molecule has 0 saturated carbocycles. The first kappa shape index (κ1) is 7.59. The zero-order valence-corrected chi connectivity index (χ0v) is 4.92. The van der Waals surface area contributed by atoms with Crippen LogP contribution in [0.1, 0.15) is 6.92 Å². The summed E-state index contributed by atoms with van der Waals surface area (Å²) in [5.41, 5.74) is 4.99. The molecule has 0 aromatic carbocycles. The van der Waals surface area contributed by atoms with Gasteiger partial charge in [0.25, 0.3) is 0 Å². The van der Waals surface area contributed by atoms with Gasteiger partial charge in [-0.3, -0.25) is 4.79 Å². The van der Waals surface area contributed by atoms with Crippen LogP contribution in [0.4, 0.5) is 0 Å². The molecule has 0 rings (SSSR count). The summed E-state index contributed by atoms with van der Waals surface area (Å²) in [6.07, 6.45) is 0. The first-order chi connectivity index (χ1) is 3.72. The van der Waals surface area contributed by atoms with E-state index >= 15 is 0 Å². The van der Waals surface area contributed by atoms with Crippen LogP contribution >= 0.6 is 0 Å². The van der Waals surface area contributed by atoms with Crippen molar-refractivity contribution in [3.05, 3.63) is 0 Å². The molecule has 0 aliphatic heterocycles. The van der Waals surface area contributed by atoms with Crippen LogP contribution in [-0.2, 0) is 4.79 Å². The van der Waals surface area contributed by atoms with Crippen LogP contribution in [0.3, 0.4) is 0 Å². The Balaban J connectivity index is 3.46. The lowest BCUT2D eigenvalue weighted by Crippen LogP contribution is -2.23. The molecular formula is C5H11NO2. The Morgan fingerprint density at radius 3 is 2.50 bits per heavy atom. The van der Waals surface area contributed by atoms with Gasteiger partial charge in [-0.15, -0.1) is 0 Å². The highest BCUT2D eigenvalue weighted by molar-refractivity contribution is 5.82. The number of carbonyl (C=O) groups excluding carboxylic acids is 1. The summed E-state index contributed by atoms with van der Waals surface area (Å²) in [6, 6.07) is 0. The van der Waals surface area contributed by atoms with Gasteiger partial charge in [0.05, 0.1) is 13.2 Å². The third-order valence-corrected chi connectivity index (χ3v) is 1.02. The first-order valence-electron chi connectivity index (χ1n) is 2.56. The van der Waals surface area contributed by atoms with E-state index in [1.54, 1.807) is 6.92 Å². The molecule has 0 amide bonds. The molecule has 0 radical (unpaired) electrons. The summed E-state index contributed by atoms with van der Waals surface area (Å²) in [5, 5.41) is 8.36. The number of nitrogens with two attached hydrogens (primary N) is 1. The normalized spacial score (nSPS) is 13.4. The van der Waals surface area contributed by atoms with Crippen LogP contribution in [0, 0.1) is 5.92 Å². The molecule has 0 bridgehead atoms. The van der Waals surface area contributed by atoms with Crippen molar-refractivity contribution in [2.24, 2.45) is 11.7 Å². The summed E-state index contributed by atoms with van der Waals surface area (Å²) in [5.74, 6) is -0.382. The molecule has 0 heterocycles. The van der Waals surface area contributed by atoms with Crippen molar-refractivity contribution < 1.29 is 9.90 Å². The molecule has 0 aromatic heterocycles. The van der Waals surface area contributed by atoms with Gasteiger partial charge in [0.15, 0.2) is 5.78 Å². The number of carbonyl (C=O) groups is 1. The number of hydrogen-bond donors (Lipinski definition) is 2. The molecule has 3 N–H and O–H groups in total. The largest absolute Gasteiger partial charge is 0.396 e. The molecule has 3 heteroatoms. The minimum absolute atomic E-state index is 0.0295. The number of aliphatic hydroxyl groups excluding tert-OH is 1. The Morgan fingerprint density at radius 2 is 2.38 bits per heavy atom. The molecule has 0 unspecified atom stereocenters. The zero-order chi connectivity index (χ0) is 6.57. The molecule has 0 aliphatic rings. The number of ketones is 1. The second kappa shape index (κ2) is 3.57. The average Bonchev–Trinajstić information content (AvgIpc) is 1.84. The lowest BCUT2D eigenvalue weighted by molar-refractivity contribution is -0.122. The minimum Gasteiger partial charge on any atom is -0.396 e. The molecule has 0 aliphatic carbocycles. The monoisotopic (exact) mass is 117 g/mol. The van der Waals surface area contributed by atoms with E-state index in [4.69, 9.17) is 10.8 Å². The van der Waals surface area contributed by atoms with Crippen molar-refractivity contribution in [1.29, 1.82) is 0 Å². The molecular weight excluding hydrogens is 106 g/mol. The molecule has 3 nitrogen and oxygen atoms in total. The van der Waals surface area contributed by atoms with Gasteiger partial charge >= 0.3 is 0 Å². The first-order valence-corrected chi connectivity index (χ1v) is 2.56. The van der Waals surface area contributed by atoms with E-state index in [0.29, 0.717) is 0 Å². The summed E-state index contributed by atoms with van der Waals surface area (Å²) >= 11 is 0. The van der Waals surface area contributed by atoms with Gasteiger partial charge < -0.3 is 10.8 Å². The van der Waals surface area contributed by atoms with Crippen LogP contribution in [0.15, 0.2) is 0 Å². The molecule has 48 valence electrons. The Labute approximate surface area is 48.5 Å². The van der Waals surface area contributed by atoms with E-state index in [1.165, 1.54) is 0 Å². The molecule has 8 heavy (non-hydrogen) atoms. The lowest BCUT2D eigenvalue weighted by atomic mass is 10.1. The van der Waals surface area contributed by atoms with Crippen molar-refractivity contribution in [2.75, 3.05) is 13.2 Å². The molecule has 0 spiro atoms. The third-order valence-electron chi connectivity index (χ3n) is 1.02. The van der Waals surface area contributed by atoms with Gasteiger partial charge in [0.2, 0.25) is 0 Å². The summed E-state index contributed by atoms with van der Waals surface area (Å²) in [6.45, 7) is 1.58. The maximum absolute atomic E-state index is 10.5. The quantitative estimate of drug-likeness (QED) is 0.505. The summed E-state index contributed by atoms with van der Waals surface area (Å²) < 4.78 is 0. The topological polar surface area (TPSA) is 63.3 Å². The van der Waals surface area contributed by atoms with Gasteiger partial charge in [-0.2, -0.15) is 0 Å². The van der Waals surface area contributed by atoms with E-state index in [9.17, 15) is 4.79 Å². The van der Waals surface area contributed by atoms with Crippen LogP contribution < -0.4 is 5.73 Å². The Morgan fingerprint density at radius 1 is 1.88 bits per heavy atom. The van der Waals surface area contributed by atoms with Crippen molar-refractivity contribution >= 4 is 5.78 Å². The van der Waals surface area contributed by atoms with Crippen molar-refractivity contribution in [2.45, 2.75) is 6.92 Å². The highest BCUT2D eigenvalue weighted by Crippen LogP contribution is 1.91. The number of rotatable bonds is 3. The fourth-order valence-electron chi connectivity index (χ4n) is 0.303. The van der Waals surface area contributed by atoms with E-state index in [2.05, 4.69) is 0 Å². The van der Waals surface area contributed by atoms with E-state index in [-0.39, 0.29) is 24.9 Å². The van der Waals surface area contributed by atoms with E-state index in [1.807, 2.05) is 0 Å². The lowest BCUT2D eigenvalue weighted by Gasteiger charge is -2.01. The van der Waals surface area contributed by atoms with Gasteiger partial charge in [-0.1, -0.05) is 6.92 Å². The van der Waals surface area contributed by atoms with Crippen molar-refractivity contribution in [1.82, 2.24) is 0 Å². The van der Waals surface area contributed by atoms with Gasteiger partial charge in [-0.05, 0) is 0 Å². The Bertz CT molecular complexity index is 82.5. The van der Waals surface area contributed by atoms with Crippen LogP contribution in [0.2, 0.25) is 0 Å². The molecule has 0 aromatic rings. The maximum atomic E-state index is 10.5. The third kappa shape index (κ3) is 2.04. The highest BCUT2D eigenvalue weighted by Gasteiger charge is 2.07. The summed E-state index contributed by atoms with van der Waals surface area (Å²) in [4.78, 5) is 10.5. The fourth-order valence-corrected chi connectivity index (χ4v) is 0.303. The van der Waals surface area contributed by atoms with Crippen molar-refractivity contribution in [3.63, 3.8) is 0 Å². The number of Topliss-reactive ketones (excluding diaryl/α,β-unsaturated/α-hetero) is 1. The molecule has 0 saturated heterocycles. The number of aliphatic hydroxyl groups is 1. The maximum Gasteiger partial charge on any atom is 0.151 e. The van der Waals surface area contributed by atoms with E-state index < -0.39 is 0 Å². The zero-order valence-electron chi connectivity index (χ0n) is 4.92. The predicted molar refractivity (Wildman–Crippen MR) is 30.3 cm³/mol. The second-order valence-electron chi connectivity index (χ2n) is 1.75. The van der Waals surface area contributed by atoms with Crippen molar-refractivity contribution in [3.8, 4) is 0 Å². The second-order valence-corrected chi connectivity index (χ2v) is 1.75. The number of hydrogen-bond acceptors (Lipinski definition) is 3. The summed E-state index contributed by atoms with van der Waals surface area (Å²) in [7, 11) is 0. The minimum atomic E-state index is -0.292. The van der Waals surface area contributed by atoms with Gasteiger partial charge in [0.1, 0.15) is 0 Å². The standard InChI is InChI=1S/C5H11NO2/c1-4(3-7)5(8)2-6/h4,7H,2-3,6H2,1H3/t4-/m1/s1. The van der Waals surface area contributed by atoms with Gasteiger partial charge in [-0.25, -0.2) is 0 Å². The highest BCUT2D eigenvalue weighted by atomic mass is 16.3. The molecule has 0 fully saturated rings. The van der Waals surface area contributed by atoms with Gasteiger partial charge in [0, 0.05) is 5.92 Å². The van der Waals surface area contributed by atoms with Crippen LogP contribution in [0.25, 0.3) is 0 Å². The Hall–Kier alpha value is -0.410. The van der Waals surface area contributed by atoms with Crippen LogP contribution in [0.5, 0.6) is 0 Å².